The van der Waals surface area contributed by atoms with Crippen LogP contribution in [0.25, 0.3) is 0 Å². The average Bonchev–Trinajstić information content (AvgIpc) is 2.27. The average molecular weight is 226 g/mol. The van der Waals surface area contributed by atoms with E-state index in [0.29, 0.717) is 6.61 Å². The van der Waals surface area contributed by atoms with Crippen molar-refractivity contribution in [3.05, 3.63) is 29.8 Å². The molecule has 84 valence electrons. The number of aliphatic hydroxyl groups excluding tert-OH is 1. The Balaban J connectivity index is 2.29. The van der Waals surface area contributed by atoms with Gasteiger partial charge in [-0.05, 0) is 36.8 Å². The largest absolute Gasteiger partial charge is 0.494 e. The Bertz CT molecular complexity index is 259. The molecule has 0 atom stereocenters. The van der Waals surface area contributed by atoms with Crippen molar-refractivity contribution >= 4 is 11.8 Å². The molecule has 15 heavy (non-hydrogen) atoms. The molecule has 0 bridgehead atoms. The Kier molecular flexibility index (Phi) is 6.28. The maximum atomic E-state index is 8.63. The summed E-state index contributed by atoms with van der Waals surface area (Å²) in [6.07, 6.45) is 0.877. The highest BCUT2D eigenvalue weighted by molar-refractivity contribution is 7.98. The second-order valence-corrected chi connectivity index (χ2v) is 4.31. The number of rotatable bonds is 7. The van der Waals surface area contributed by atoms with Crippen LogP contribution in [-0.2, 0) is 5.75 Å². The van der Waals surface area contributed by atoms with Gasteiger partial charge in [-0.15, -0.1) is 0 Å². The van der Waals surface area contributed by atoms with Gasteiger partial charge in [0.25, 0.3) is 0 Å². The highest BCUT2D eigenvalue weighted by Crippen LogP contribution is 2.17. The van der Waals surface area contributed by atoms with Crippen molar-refractivity contribution < 1.29 is 9.84 Å². The number of aliphatic hydroxyl groups is 1. The third kappa shape index (κ3) is 5.09. The molecule has 0 unspecified atom stereocenters. The quantitative estimate of drug-likeness (QED) is 0.725. The lowest BCUT2D eigenvalue weighted by Crippen LogP contribution is -1.91. The molecule has 0 saturated heterocycles. The van der Waals surface area contributed by atoms with Gasteiger partial charge in [0.05, 0.1) is 6.61 Å². The molecule has 2 nitrogen and oxygen atoms in total. The van der Waals surface area contributed by atoms with Crippen LogP contribution >= 0.6 is 11.8 Å². The normalized spacial score (nSPS) is 10.3. The Hall–Kier alpha value is -0.670. The molecule has 0 saturated carbocycles. The molecule has 1 aromatic rings. The zero-order chi connectivity index (χ0) is 10.9. The van der Waals surface area contributed by atoms with Crippen molar-refractivity contribution in [3.63, 3.8) is 0 Å². The summed E-state index contributed by atoms with van der Waals surface area (Å²) in [6, 6.07) is 8.20. The summed E-state index contributed by atoms with van der Waals surface area (Å²) in [5, 5.41) is 8.63. The first-order valence-electron chi connectivity index (χ1n) is 5.27. The first kappa shape index (κ1) is 12.4. The summed E-state index contributed by atoms with van der Waals surface area (Å²) >= 11 is 1.85. The summed E-state index contributed by atoms with van der Waals surface area (Å²) in [5.74, 6) is 2.96. The van der Waals surface area contributed by atoms with E-state index in [1.54, 1.807) is 0 Å². The summed E-state index contributed by atoms with van der Waals surface area (Å²) in [5.41, 5.74) is 1.31. The minimum atomic E-state index is 0.288. The van der Waals surface area contributed by atoms with Crippen molar-refractivity contribution in [1.82, 2.24) is 0 Å². The van der Waals surface area contributed by atoms with Gasteiger partial charge >= 0.3 is 0 Å². The molecule has 1 N–H and O–H groups in total. The van der Waals surface area contributed by atoms with Crippen LogP contribution in [0.5, 0.6) is 5.75 Å². The number of thioether (sulfide) groups is 1. The lowest BCUT2D eigenvalue weighted by molar-refractivity contribution is 0.296. The van der Waals surface area contributed by atoms with E-state index in [2.05, 4.69) is 12.1 Å². The highest BCUT2D eigenvalue weighted by Gasteiger charge is 1.95. The minimum absolute atomic E-state index is 0.288. The van der Waals surface area contributed by atoms with Crippen LogP contribution in [0.1, 0.15) is 18.9 Å². The fourth-order valence-electron chi connectivity index (χ4n) is 1.21. The zero-order valence-electron chi connectivity index (χ0n) is 9.11. The van der Waals surface area contributed by atoms with Gasteiger partial charge in [0.2, 0.25) is 0 Å². The molecule has 0 aromatic heterocycles. The first-order valence-corrected chi connectivity index (χ1v) is 6.42. The van der Waals surface area contributed by atoms with Crippen molar-refractivity contribution in [3.8, 4) is 5.75 Å². The summed E-state index contributed by atoms with van der Waals surface area (Å²) in [7, 11) is 0. The molecule has 0 aliphatic rings. The summed E-state index contributed by atoms with van der Waals surface area (Å²) < 4.78 is 5.36. The predicted octanol–water partition coefficient (Wildman–Crippen LogP) is 2.70. The molecule has 0 aliphatic heterocycles. The Morgan fingerprint density at radius 3 is 2.60 bits per heavy atom. The number of hydrogen-bond acceptors (Lipinski definition) is 3. The van der Waals surface area contributed by atoms with Crippen LogP contribution in [0.2, 0.25) is 0 Å². The lowest BCUT2D eigenvalue weighted by atomic mass is 10.2. The van der Waals surface area contributed by atoms with Gasteiger partial charge < -0.3 is 9.84 Å². The maximum absolute atomic E-state index is 8.63. The Morgan fingerprint density at radius 2 is 2.00 bits per heavy atom. The molecule has 1 aromatic carbocycles. The number of benzene rings is 1. The van der Waals surface area contributed by atoms with E-state index in [1.807, 2.05) is 30.8 Å². The fourth-order valence-corrected chi connectivity index (χ4v) is 2.11. The molecule has 0 aliphatic carbocycles. The van der Waals surface area contributed by atoms with Crippen LogP contribution < -0.4 is 4.74 Å². The predicted molar refractivity (Wildman–Crippen MR) is 65.5 cm³/mol. The van der Waals surface area contributed by atoms with Crippen LogP contribution in [0, 0.1) is 0 Å². The van der Waals surface area contributed by atoms with Gasteiger partial charge in [0, 0.05) is 12.4 Å². The van der Waals surface area contributed by atoms with E-state index in [4.69, 9.17) is 9.84 Å². The first-order chi connectivity index (χ1) is 7.36. The zero-order valence-corrected chi connectivity index (χ0v) is 9.93. The number of hydrogen-bond donors (Lipinski definition) is 1. The van der Waals surface area contributed by atoms with Gasteiger partial charge in [0.15, 0.2) is 0 Å². The van der Waals surface area contributed by atoms with Gasteiger partial charge in [-0.1, -0.05) is 12.1 Å². The molecule has 0 fully saturated rings. The van der Waals surface area contributed by atoms with E-state index in [-0.39, 0.29) is 6.61 Å². The monoisotopic (exact) mass is 226 g/mol. The van der Waals surface area contributed by atoms with Crippen molar-refractivity contribution in [1.29, 1.82) is 0 Å². The van der Waals surface area contributed by atoms with Crippen LogP contribution in [0.15, 0.2) is 24.3 Å². The minimum Gasteiger partial charge on any atom is -0.494 e. The van der Waals surface area contributed by atoms with Gasteiger partial charge in [-0.2, -0.15) is 11.8 Å². The van der Waals surface area contributed by atoms with Gasteiger partial charge in [0.1, 0.15) is 5.75 Å². The fraction of sp³-hybridized carbons (Fsp3) is 0.500. The standard InChI is InChI=1S/C12H18O2S/c1-2-14-12-6-4-11(5-7-12)10-15-9-3-8-13/h4-7,13H,2-3,8-10H2,1H3. The molecule has 0 spiro atoms. The molecule has 0 amide bonds. The third-order valence-electron chi connectivity index (χ3n) is 1.95. The molecule has 3 heteroatoms. The number of ether oxygens (including phenoxy) is 1. The van der Waals surface area contributed by atoms with Crippen LogP contribution in [0.4, 0.5) is 0 Å². The van der Waals surface area contributed by atoms with Crippen LogP contribution in [-0.4, -0.2) is 24.1 Å². The highest BCUT2D eigenvalue weighted by atomic mass is 32.2. The van der Waals surface area contributed by atoms with Crippen LogP contribution in [0.3, 0.4) is 0 Å². The van der Waals surface area contributed by atoms with Gasteiger partial charge in [-0.3, -0.25) is 0 Å². The smallest absolute Gasteiger partial charge is 0.119 e. The third-order valence-corrected chi connectivity index (χ3v) is 3.06. The molecule has 0 heterocycles. The van der Waals surface area contributed by atoms with E-state index in [0.717, 1.165) is 23.7 Å². The van der Waals surface area contributed by atoms with Crippen molar-refractivity contribution in [2.24, 2.45) is 0 Å². The Morgan fingerprint density at radius 1 is 1.27 bits per heavy atom. The second-order valence-electron chi connectivity index (χ2n) is 3.21. The lowest BCUT2D eigenvalue weighted by Gasteiger charge is -2.04. The summed E-state index contributed by atoms with van der Waals surface area (Å²) in [4.78, 5) is 0. The van der Waals surface area contributed by atoms with E-state index >= 15 is 0 Å². The van der Waals surface area contributed by atoms with E-state index < -0.39 is 0 Å². The molecular weight excluding hydrogens is 208 g/mol. The topological polar surface area (TPSA) is 29.5 Å². The van der Waals surface area contributed by atoms with Gasteiger partial charge in [-0.25, -0.2) is 0 Å². The molecular formula is C12H18O2S. The Labute approximate surface area is 95.7 Å². The second kappa shape index (κ2) is 7.60. The maximum Gasteiger partial charge on any atom is 0.119 e. The SMILES string of the molecule is CCOc1ccc(CSCCCO)cc1. The van der Waals surface area contributed by atoms with E-state index in [1.165, 1.54) is 5.56 Å². The molecule has 0 radical (unpaired) electrons. The van der Waals surface area contributed by atoms with Crippen molar-refractivity contribution in [2.75, 3.05) is 19.0 Å². The molecule has 1 rings (SSSR count). The van der Waals surface area contributed by atoms with E-state index in [9.17, 15) is 0 Å². The summed E-state index contributed by atoms with van der Waals surface area (Å²) in [6.45, 7) is 2.99. The van der Waals surface area contributed by atoms with Crippen molar-refractivity contribution in [2.45, 2.75) is 19.1 Å².